The molecule has 0 N–H and O–H groups in total. The van der Waals surface area contributed by atoms with Gasteiger partial charge in [-0.1, -0.05) is 133 Å². The van der Waals surface area contributed by atoms with Crippen molar-refractivity contribution in [2.75, 3.05) is 9.80 Å². The van der Waals surface area contributed by atoms with Crippen LogP contribution < -0.4 is 14.5 Å². The minimum absolute atomic E-state index is 0.709. The van der Waals surface area contributed by atoms with E-state index in [2.05, 4.69) is 228 Å². The molecule has 0 radical (unpaired) electrons. The van der Waals surface area contributed by atoms with Gasteiger partial charge in [0.05, 0.1) is 5.41 Å². The third-order valence-electron chi connectivity index (χ3n) is 11.5. The number of benzene rings is 9. The smallest absolute Gasteiger partial charge is 0.132 e. The average molecular weight is 717 g/mol. The van der Waals surface area contributed by atoms with Gasteiger partial charge in [-0.05, 0) is 118 Å². The fraction of sp³-hybridized carbons (Fsp3) is 0.0189. The summed E-state index contributed by atoms with van der Waals surface area (Å²) in [6, 6.07) is 78.5. The molecule has 0 saturated heterocycles. The predicted octanol–water partition coefficient (Wildman–Crippen LogP) is 14.2. The lowest BCUT2D eigenvalue weighted by Crippen LogP contribution is -2.33. The van der Waals surface area contributed by atoms with Crippen molar-refractivity contribution in [3.63, 3.8) is 0 Å². The summed E-state index contributed by atoms with van der Waals surface area (Å²) in [5, 5.41) is 2.36. The van der Waals surface area contributed by atoms with Crippen LogP contribution in [0.1, 0.15) is 22.3 Å². The third kappa shape index (κ3) is 4.84. The molecule has 0 amide bonds. The Bertz CT molecular complexity index is 2810. The molecule has 1 atom stereocenters. The van der Waals surface area contributed by atoms with Gasteiger partial charge in [0.25, 0.3) is 0 Å². The standard InChI is InChI=1S/C53H36N2O/c1-5-18-38(19-6-1)54(39-20-7-2-8-21-39)42-30-32-46-45-27-15-16-28-47(45)53(48(46)35-42)49-36-43(55(40-22-9-3-10-23-40)41-24-11-4-12-25-41)31-34-50(49)56-51-33-29-37-17-13-14-26-44(37)52(51)53/h1-36H. The molecule has 264 valence electrons. The van der Waals surface area contributed by atoms with E-state index in [1.807, 2.05) is 0 Å². The van der Waals surface area contributed by atoms with Gasteiger partial charge in [0.15, 0.2) is 0 Å². The lowest BCUT2D eigenvalue weighted by Gasteiger charge is -2.41. The van der Waals surface area contributed by atoms with Crippen molar-refractivity contribution in [3.8, 4) is 22.6 Å². The van der Waals surface area contributed by atoms with Crippen LogP contribution in [-0.4, -0.2) is 0 Å². The van der Waals surface area contributed by atoms with Gasteiger partial charge >= 0.3 is 0 Å². The molecule has 9 aromatic rings. The molecule has 3 heteroatoms. The first kappa shape index (κ1) is 32.1. The first-order valence-electron chi connectivity index (χ1n) is 19.2. The maximum absolute atomic E-state index is 7.04. The molecule has 1 spiro atoms. The molecule has 1 unspecified atom stereocenters. The molecular formula is C53H36N2O. The van der Waals surface area contributed by atoms with E-state index >= 15 is 0 Å². The molecule has 0 bridgehead atoms. The van der Waals surface area contributed by atoms with E-state index in [0.717, 1.165) is 51.2 Å². The molecule has 0 saturated carbocycles. The number of rotatable bonds is 6. The van der Waals surface area contributed by atoms with Crippen LogP contribution in [-0.2, 0) is 5.41 Å². The topological polar surface area (TPSA) is 15.7 Å². The van der Waals surface area contributed by atoms with E-state index in [4.69, 9.17) is 4.74 Å². The fourth-order valence-corrected chi connectivity index (χ4v) is 9.18. The number of nitrogens with zero attached hydrogens (tertiary/aromatic N) is 2. The Labute approximate surface area is 326 Å². The Morgan fingerprint density at radius 3 is 1.39 bits per heavy atom. The highest BCUT2D eigenvalue weighted by Gasteiger charge is 2.52. The number of fused-ring (bicyclic) bond motifs is 11. The van der Waals surface area contributed by atoms with Crippen molar-refractivity contribution < 1.29 is 4.74 Å². The first-order chi connectivity index (χ1) is 27.8. The quantitative estimate of drug-likeness (QED) is 0.170. The number of anilines is 6. The Balaban J connectivity index is 1.25. The van der Waals surface area contributed by atoms with Crippen LogP contribution in [0.4, 0.5) is 34.1 Å². The number of para-hydroxylation sites is 4. The molecule has 1 heterocycles. The average Bonchev–Trinajstić information content (AvgIpc) is 3.55. The summed E-state index contributed by atoms with van der Waals surface area (Å²) in [5.74, 6) is 1.73. The van der Waals surface area contributed by atoms with Gasteiger partial charge in [-0.2, -0.15) is 0 Å². The van der Waals surface area contributed by atoms with Gasteiger partial charge in [0, 0.05) is 45.3 Å². The summed E-state index contributed by atoms with van der Waals surface area (Å²) in [4.78, 5) is 4.71. The van der Waals surface area contributed by atoms with E-state index in [0.29, 0.717) is 0 Å². The Morgan fingerprint density at radius 1 is 0.321 bits per heavy atom. The molecule has 1 aliphatic carbocycles. The van der Waals surface area contributed by atoms with Crippen LogP contribution in [0.25, 0.3) is 21.9 Å². The third-order valence-corrected chi connectivity index (χ3v) is 11.5. The molecule has 0 aromatic heterocycles. The van der Waals surface area contributed by atoms with Crippen molar-refractivity contribution >= 4 is 44.9 Å². The van der Waals surface area contributed by atoms with Gasteiger partial charge in [-0.3, -0.25) is 0 Å². The summed E-state index contributed by atoms with van der Waals surface area (Å²) in [6.07, 6.45) is 0. The fourth-order valence-electron chi connectivity index (χ4n) is 9.18. The van der Waals surface area contributed by atoms with Crippen molar-refractivity contribution in [3.05, 3.63) is 241 Å². The lowest BCUT2D eigenvalue weighted by molar-refractivity contribution is 0.438. The number of ether oxygens (including phenoxy) is 1. The Hall–Kier alpha value is -7.36. The van der Waals surface area contributed by atoms with Crippen LogP contribution in [0.3, 0.4) is 0 Å². The van der Waals surface area contributed by atoms with Crippen LogP contribution in [0.5, 0.6) is 11.5 Å². The summed E-state index contributed by atoms with van der Waals surface area (Å²) >= 11 is 0. The minimum Gasteiger partial charge on any atom is -0.457 e. The molecule has 56 heavy (non-hydrogen) atoms. The van der Waals surface area contributed by atoms with Gasteiger partial charge < -0.3 is 14.5 Å². The zero-order valence-electron chi connectivity index (χ0n) is 30.6. The second-order valence-electron chi connectivity index (χ2n) is 14.5. The van der Waals surface area contributed by atoms with Crippen molar-refractivity contribution in [2.45, 2.75) is 5.41 Å². The normalized spacial score (nSPS) is 14.6. The van der Waals surface area contributed by atoms with Gasteiger partial charge in [0.2, 0.25) is 0 Å². The molecule has 1 aliphatic heterocycles. The predicted molar refractivity (Wildman–Crippen MR) is 231 cm³/mol. The SMILES string of the molecule is c1ccc(N(c2ccccc2)c2ccc3c(c2)C2(c4ccccc4-c4ccc(N(c5ccccc5)c5ccccc5)cc42)c2c(ccc4ccccc24)O3)cc1. The van der Waals surface area contributed by atoms with Crippen molar-refractivity contribution in [1.82, 2.24) is 0 Å². The second kappa shape index (κ2) is 12.9. The monoisotopic (exact) mass is 716 g/mol. The van der Waals surface area contributed by atoms with Crippen molar-refractivity contribution in [2.24, 2.45) is 0 Å². The van der Waals surface area contributed by atoms with E-state index in [1.165, 1.54) is 38.6 Å². The van der Waals surface area contributed by atoms with E-state index in [-0.39, 0.29) is 0 Å². The van der Waals surface area contributed by atoms with Crippen LogP contribution in [0.2, 0.25) is 0 Å². The molecule has 9 aromatic carbocycles. The summed E-state index contributed by atoms with van der Waals surface area (Å²) in [5.41, 5.74) is 13.1. The van der Waals surface area contributed by atoms with E-state index in [9.17, 15) is 0 Å². The minimum atomic E-state index is -0.709. The molecule has 0 fully saturated rings. The molecule has 3 nitrogen and oxygen atoms in total. The van der Waals surface area contributed by atoms with Crippen LogP contribution in [0.15, 0.2) is 218 Å². The van der Waals surface area contributed by atoms with Crippen LogP contribution in [0, 0.1) is 0 Å². The highest BCUT2D eigenvalue weighted by Crippen LogP contribution is 2.64. The lowest BCUT2D eigenvalue weighted by atomic mass is 9.64. The maximum Gasteiger partial charge on any atom is 0.132 e. The second-order valence-corrected chi connectivity index (χ2v) is 14.5. The first-order valence-corrected chi connectivity index (χ1v) is 19.2. The zero-order valence-corrected chi connectivity index (χ0v) is 30.6. The van der Waals surface area contributed by atoms with E-state index < -0.39 is 5.41 Å². The highest BCUT2D eigenvalue weighted by molar-refractivity contribution is 5.98. The highest BCUT2D eigenvalue weighted by atomic mass is 16.5. The zero-order chi connectivity index (χ0) is 37.1. The maximum atomic E-state index is 7.04. The number of hydrogen-bond donors (Lipinski definition) is 0. The molecule has 2 aliphatic rings. The van der Waals surface area contributed by atoms with Gasteiger partial charge in [-0.25, -0.2) is 0 Å². The van der Waals surface area contributed by atoms with Crippen LogP contribution >= 0.6 is 0 Å². The molecule has 11 rings (SSSR count). The summed E-state index contributed by atoms with van der Waals surface area (Å²) in [7, 11) is 0. The molecular weight excluding hydrogens is 681 g/mol. The van der Waals surface area contributed by atoms with Gasteiger partial charge in [0.1, 0.15) is 11.5 Å². The van der Waals surface area contributed by atoms with Gasteiger partial charge in [-0.15, -0.1) is 0 Å². The summed E-state index contributed by atoms with van der Waals surface area (Å²) < 4.78 is 7.04. The van der Waals surface area contributed by atoms with E-state index in [1.54, 1.807) is 0 Å². The Morgan fingerprint density at radius 2 is 0.786 bits per heavy atom. The van der Waals surface area contributed by atoms with Crippen molar-refractivity contribution in [1.29, 1.82) is 0 Å². The number of hydrogen-bond acceptors (Lipinski definition) is 3. The Kier molecular flexibility index (Phi) is 7.39. The summed E-state index contributed by atoms with van der Waals surface area (Å²) in [6.45, 7) is 0. The largest absolute Gasteiger partial charge is 0.457 e.